The molecule has 0 aliphatic rings. The lowest BCUT2D eigenvalue weighted by atomic mass is 10.0. The number of aromatic nitrogens is 2. The predicted octanol–water partition coefficient (Wildman–Crippen LogP) is 4.32. The van der Waals surface area contributed by atoms with Gasteiger partial charge in [-0.1, -0.05) is 45.2 Å². The van der Waals surface area contributed by atoms with Crippen molar-refractivity contribution in [3.8, 4) is 0 Å². The molecule has 0 aliphatic carbocycles. The minimum atomic E-state index is 0.404. The van der Waals surface area contributed by atoms with E-state index in [0.29, 0.717) is 11.2 Å². The normalized spacial score (nSPS) is 14.3. The highest BCUT2D eigenvalue weighted by Crippen LogP contribution is 2.23. The third-order valence-corrected chi connectivity index (χ3v) is 3.55. The Morgan fingerprint density at radius 3 is 2.61 bits per heavy atom. The first-order valence-electron chi connectivity index (χ1n) is 6.84. The van der Waals surface area contributed by atoms with E-state index in [2.05, 4.69) is 43.0 Å². The van der Waals surface area contributed by atoms with Crippen LogP contribution in [0, 0.1) is 5.92 Å². The van der Waals surface area contributed by atoms with Crippen molar-refractivity contribution in [1.29, 1.82) is 0 Å². The van der Waals surface area contributed by atoms with Crippen LogP contribution in [0.4, 0.5) is 5.82 Å². The second kappa shape index (κ2) is 7.57. The molecule has 0 spiro atoms. The van der Waals surface area contributed by atoms with Crippen LogP contribution in [0.5, 0.6) is 0 Å². The van der Waals surface area contributed by atoms with Crippen LogP contribution in [0.1, 0.15) is 52.5 Å². The fraction of sp³-hybridized carbons (Fsp3) is 0.714. The number of anilines is 1. The highest BCUT2D eigenvalue weighted by molar-refractivity contribution is 6.30. The predicted molar refractivity (Wildman–Crippen MR) is 78.2 cm³/mol. The maximum Gasteiger partial charge on any atom is 0.137 e. The van der Waals surface area contributed by atoms with E-state index in [0.717, 1.165) is 36.6 Å². The van der Waals surface area contributed by atoms with Crippen molar-refractivity contribution in [2.75, 3.05) is 5.32 Å². The number of hydrogen-bond donors (Lipinski definition) is 1. The molecule has 0 aliphatic heterocycles. The van der Waals surface area contributed by atoms with Crippen molar-refractivity contribution in [2.45, 2.75) is 59.4 Å². The van der Waals surface area contributed by atoms with Crippen LogP contribution in [-0.2, 0) is 6.42 Å². The van der Waals surface area contributed by atoms with Gasteiger partial charge in [0.05, 0.1) is 0 Å². The molecule has 1 N–H and O–H groups in total. The summed E-state index contributed by atoms with van der Waals surface area (Å²) in [5.41, 5.74) is 1.04. The summed E-state index contributed by atoms with van der Waals surface area (Å²) >= 11 is 6.13. The molecular weight excluding hydrogens is 246 g/mol. The van der Waals surface area contributed by atoms with Crippen LogP contribution in [0.3, 0.4) is 0 Å². The van der Waals surface area contributed by atoms with Gasteiger partial charge in [-0.25, -0.2) is 9.97 Å². The summed E-state index contributed by atoms with van der Waals surface area (Å²) in [6.07, 6.45) is 5.83. The van der Waals surface area contributed by atoms with Crippen molar-refractivity contribution in [3.63, 3.8) is 0 Å². The smallest absolute Gasteiger partial charge is 0.137 e. The Labute approximate surface area is 115 Å². The van der Waals surface area contributed by atoms with Crippen molar-refractivity contribution in [1.82, 2.24) is 9.97 Å². The van der Waals surface area contributed by atoms with Crippen LogP contribution in [0.25, 0.3) is 0 Å². The molecule has 1 aromatic heterocycles. The van der Waals surface area contributed by atoms with Crippen LogP contribution in [0.2, 0.25) is 5.15 Å². The first-order chi connectivity index (χ1) is 8.58. The van der Waals surface area contributed by atoms with E-state index in [1.807, 2.05) is 0 Å². The SMILES string of the molecule is CCCc1c(Cl)ncnc1NC(C)CC(C)CC. The average Bonchev–Trinajstić information content (AvgIpc) is 2.33. The molecule has 0 radical (unpaired) electrons. The zero-order valence-electron chi connectivity index (χ0n) is 11.8. The summed E-state index contributed by atoms with van der Waals surface area (Å²) in [6.45, 7) is 8.83. The Bertz CT molecular complexity index is 368. The van der Waals surface area contributed by atoms with Crippen molar-refractivity contribution in [2.24, 2.45) is 5.92 Å². The quantitative estimate of drug-likeness (QED) is 0.749. The number of rotatable bonds is 7. The van der Waals surface area contributed by atoms with E-state index in [1.54, 1.807) is 0 Å². The molecule has 3 nitrogen and oxygen atoms in total. The molecule has 0 saturated carbocycles. The molecule has 102 valence electrons. The molecule has 1 heterocycles. The Kier molecular flexibility index (Phi) is 6.41. The third kappa shape index (κ3) is 4.45. The van der Waals surface area contributed by atoms with E-state index in [-0.39, 0.29) is 0 Å². The molecule has 0 aromatic carbocycles. The zero-order valence-corrected chi connectivity index (χ0v) is 12.6. The van der Waals surface area contributed by atoms with Gasteiger partial charge in [-0.3, -0.25) is 0 Å². The summed E-state index contributed by atoms with van der Waals surface area (Å²) in [6, 6.07) is 0.404. The molecule has 1 rings (SSSR count). The molecule has 0 amide bonds. The highest BCUT2D eigenvalue weighted by Gasteiger charge is 2.13. The molecule has 18 heavy (non-hydrogen) atoms. The molecule has 2 atom stereocenters. The Balaban J connectivity index is 2.74. The largest absolute Gasteiger partial charge is 0.367 e. The van der Waals surface area contributed by atoms with Crippen LogP contribution < -0.4 is 5.32 Å². The lowest BCUT2D eigenvalue weighted by molar-refractivity contribution is 0.483. The van der Waals surface area contributed by atoms with Crippen LogP contribution >= 0.6 is 11.6 Å². The van der Waals surface area contributed by atoms with Gasteiger partial charge in [0, 0.05) is 11.6 Å². The van der Waals surface area contributed by atoms with E-state index < -0.39 is 0 Å². The summed E-state index contributed by atoms with van der Waals surface area (Å²) in [5, 5.41) is 4.04. The van der Waals surface area contributed by atoms with Gasteiger partial charge in [0.2, 0.25) is 0 Å². The second-order valence-electron chi connectivity index (χ2n) is 5.04. The van der Waals surface area contributed by atoms with Gasteiger partial charge >= 0.3 is 0 Å². The lowest BCUT2D eigenvalue weighted by Gasteiger charge is -2.20. The Morgan fingerprint density at radius 1 is 1.28 bits per heavy atom. The van der Waals surface area contributed by atoms with Gasteiger partial charge in [0.1, 0.15) is 17.3 Å². The fourth-order valence-corrected chi connectivity index (χ4v) is 2.28. The first kappa shape index (κ1) is 15.2. The van der Waals surface area contributed by atoms with E-state index in [4.69, 9.17) is 11.6 Å². The van der Waals surface area contributed by atoms with Gasteiger partial charge < -0.3 is 5.32 Å². The van der Waals surface area contributed by atoms with Crippen molar-refractivity contribution < 1.29 is 0 Å². The monoisotopic (exact) mass is 269 g/mol. The van der Waals surface area contributed by atoms with E-state index in [9.17, 15) is 0 Å². The number of nitrogens with one attached hydrogen (secondary N) is 1. The molecule has 2 unspecified atom stereocenters. The fourth-order valence-electron chi connectivity index (χ4n) is 2.05. The van der Waals surface area contributed by atoms with E-state index in [1.165, 1.54) is 12.7 Å². The minimum absolute atomic E-state index is 0.404. The Hall–Kier alpha value is -0.830. The number of hydrogen-bond acceptors (Lipinski definition) is 3. The minimum Gasteiger partial charge on any atom is -0.367 e. The average molecular weight is 270 g/mol. The van der Waals surface area contributed by atoms with Crippen molar-refractivity contribution in [3.05, 3.63) is 17.0 Å². The highest BCUT2D eigenvalue weighted by atomic mass is 35.5. The molecule has 4 heteroatoms. The van der Waals surface area contributed by atoms with Crippen LogP contribution in [0.15, 0.2) is 6.33 Å². The zero-order chi connectivity index (χ0) is 13.5. The van der Waals surface area contributed by atoms with Crippen LogP contribution in [-0.4, -0.2) is 16.0 Å². The molecule has 0 saturated heterocycles. The second-order valence-corrected chi connectivity index (χ2v) is 5.39. The molecule has 0 fully saturated rings. The van der Waals surface area contributed by atoms with Gasteiger partial charge in [0.25, 0.3) is 0 Å². The van der Waals surface area contributed by atoms with Gasteiger partial charge in [-0.2, -0.15) is 0 Å². The topological polar surface area (TPSA) is 37.8 Å². The summed E-state index contributed by atoms with van der Waals surface area (Å²) < 4.78 is 0. The molecule has 1 aromatic rings. The summed E-state index contributed by atoms with van der Waals surface area (Å²) in [7, 11) is 0. The summed E-state index contributed by atoms with van der Waals surface area (Å²) in [4.78, 5) is 8.38. The van der Waals surface area contributed by atoms with Gasteiger partial charge in [0.15, 0.2) is 0 Å². The number of halogens is 1. The maximum atomic E-state index is 6.13. The molecular formula is C14H24ClN3. The first-order valence-corrected chi connectivity index (χ1v) is 7.22. The standard InChI is InChI=1S/C14H24ClN3/c1-5-7-12-13(15)16-9-17-14(12)18-11(4)8-10(3)6-2/h9-11H,5-8H2,1-4H3,(H,16,17,18). The van der Waals surface area contributed by atoms with Crippen molar-refractivity contribution >= 4 is 17.4 Å². The summed E-state index contributed by atoms with van der Waals surface area (Å²) in [5.74, 6) is 1.62. The third-order valence-electron chi connectivity index (χ3n) is 3.23. The number of nitrogens with zero attached hydrogens (tertiary/aromatic N) is 2. The maximum absolute atomic E-state index is 6.13. The van der Waals surface area contributed by atoms with E-state index >= 15 is 0 Å². The van der Waals surface area contributed by atoms with Gasteiger partial charge in [-0.05, 0) is 25.7 Å². The van der Waals surface area contributed by atoms with Gasteiger partial charge in [-0.15, -0.1) is 0 Å². The Morgan fingerprint density at radius 2 is 2.00 bits per heavy atom. The molecule has 0 bridgehead atoms. The lowest BCUT2D eigenvalue weighted by Crippen LogP contribution is -2.20.